The van der Waals surface area contributed by atoms with Gasteiger partial charge in [0.2, 0.25) is 5.91 Å². The zero-order valence-electron chi connectivity index (χ0n) is 16.3. The van der Waals surface area contributed by atoms with Crippen LogP contribution >= 0.6 is 0 Å². The third-order valence-corrected chi connectivity index (χ3v) is 5.37. The Bertz CT molecular complexity index is 666. The summed E-state index contributed by atoms with van der Waals surface area (Å²) in [5.41, 5.74) is 2.58. The summed E-state index contributed by atoms with van der Waals surface area (Å²) in [5, 5.41) is 0. The second-order valence-electron chi connectivity index (χ2n) is 8.42. The lowest BCUT2D eigenvalue weighted by atomic mass is 9.83. The molecule has 3 rings (SSSR count). The maximum Gasteiger partial charge on any atom is 0.240 e. The van der Waals surface area contributed by atoms with E-state index in [2.05, 4.69) is 49.8 Å². The summed E-state index contributed by atoms with van der Waals surface area (Å²) in [4.78, 5) is 17.5. The number of carbonyl (C=O) groups is 1. The summed E-state index contributed by atoms with van der Waals surface area (Å²) in [5.74, 6) is 1.75. The zero-order chi connectivity index (χ0) is 18.4. The van der Waals surface area contributed by atoms with Crippen molar-refractivity contribution in [2.24, 2.45) is 5.41 Å². The molecule has 2 aliphatic heterocycles. The summed E-state index contributed by atoms with van der Waals surface area (Å²) >= 11 is 0. The van der Waals surface area contributed by atoms with E-state index in [1.807, 2.05) is 0 Å². The quantitative estimate of drug-likeness (QED) is 0.844. The average Bonchev–Trinajstić information content (AvgIpc) is 2.56. The van der Waals surface area contributed by atoms with Crippen molar-refractivity contribution >= 4 is 5.91 Å². The van der Waals surface area contributed by atoms with Crippen molar-refractivity contribution in [1.29, 1.82) is 0 Å². The van der Waals surface area contributed by atoms with E-state index in [9.17, 15) is 4.79 Å². The van der Waals surface area contributed by atoms with Gasteiger partial charge in [0.25, 0.3) is 0 Å². The normalized spacial score (nSPS) is 23.9. The Balaban J connectivity index is 1.93. The Morgan fingerprint density at radius 2 is 1.80 bits per heavy atom. The van der Waals surface area contributed by atoms with Crippen LogP contribution in [-0.2, 0) is 11.2 Å². The van der Waals surface area contributed by atoms with Gasteiger partial charge in [0, 0.05) is 13.1 Å². The van der Waals surface area contributed by atoms with E-state index < -0.39 is 0 Å². The minimum atomic E-state index is -0.0297. The first-order chi connectivity index (χ1) is 11.7. The number of likely N-dealkylation sites (N-methyl/N-ethyl adjacent to an activating group) is 1. The Hall–Kier alpha value is -1.75. The number of amides is 1. The predicted molar refractivity (Wildman–Crippen MR) is 98.2 cm³/mol. The third kappa shape index (κ3) is 3.34. The second kappa shape index (κ2) is 6.52. The Labute approximate surface area is 150 Å². The SMILES string of the molecule is COc1cc2c(cc1OC)C1CN(C)[C@H](CC(C)(C)C)C(=O)N1CC2. The molecule has 1 aromatic carbocycles. The number of ether oxygens (including phenoxy) is 2. The minimum absolute atomic E-state index is 0.0297. The van der Waals surface area contributed by atoms with Gasteiger partial charge in [-0.05, 0) is 48.6 Å². The first kappa shape index (κ1) is 18.1. The van der Waals surface area contributed by atoms with E-state index in [0.717, 1.165) is 37.4 Å². The summed E-state index contributed by atoms with van der Waals surface area (Å²) in [6, 6.07) is 4.18. The van der Waals surface area contributed by atoms with E-state index in [0.29, 0.717) is 0 Å². The maximum absolute atomic E-state index is 13.2. The van der Waals surface area contributed by atoms with Crippen molar-refractivity contribution in [3.05, 3.63) is 23.3 Å². The van der Waals surface area contributed by atoms with Gasteiger partial charge >= 0.3 is 0 Å². The fourth-order valence-electron chi connectivity index (χ4n) is 4.09. The van der Waals surface area contributed by atoms with Gasteiger partial charge in [0.05, 0.1) is 26.3 Å². The molecule has 0 spiro atoms. The van der Waals surface area contributed by atoms with Crippen LogP contribution in [0.3, 0.4) is 0 Å². The zero-order valence-corrected chi connectivity index (χ0v) is 16.3. The molecule has 1 amide bonds. The second-order valence-corrected chi connectivity index (χ2v) is 8.42. The summed E-state index contributed by atoms with van der Waals surface area (Å²) in [7, 11) is 5.39. The molecule has 138 valence electrons. The van der Waals surface area contributed by atoms with Crippen LogP contribution in [0, 0.1) is 5.41 Å². The van der Waals surface area contributed by atoms with Gasteiger partial charge in [-0.25, -0.2) is 0 Å². The number of benzene rings is 1. The number of hydrogen-bond donors (Lipinski definition) is 0. The molecule has 1 unspecified atom stereocenters. The van der Waals surface area contributed by atoms with Crippen LogP contribution in [0.1, 0.15) is 44.4 Å². The molecule has 0 bridgehead atoms. The molecule has 1 fully saturated rings. The number of hydrogen-bond acceptors (Lipinski definition) is 4. The van der Waals surface area contributed by atoms with Gasteiger partial charge in [-0.1, -0.05) is 20.8 Å². The number of rotatable bonds is 3. The minimum Gasteiger partial charge on any atom is -0.493 e. The molecular weight excluding hydrogens is 316 g/mol. The van der Waals surface area contributed by atoms with E-state index in [1.54, 1.807) is 14.2 Å². The van der Waals surface area contributed by atoms with Gasteiger partial charge in [0.1, 0.15) is 0 Å². The van der Waals surface area contributed by atoms with Crippen molar-refractivity contribution in [3.8, 4) is 11.5 Å². The van der Waals surface area contributed by atoms with E-state index >= 15 is 0 Å². The monoisotopic (exact) mass is 346 g/mol. The summed E-state index contributed by atoms with van der Waals surface area (Å²) < 4.78 is 10.9. The number of methoxy groups -OCH3 is 2. The molecule has 1 saturated heterocycles. The van der Waals surface area contributed by atoms with Crippen molar-refractivity contribution in [2.75, 3.05) is 34.4 Å². The molecule has 5 nitrogen and oxygen atoms in total. The molecule has 2 aliphatic rings. The van der Waals surface area contributed by atoms with Gasteiger partial charge in [-0.15, -0.1) is 0 Å². The molecule has 0 aliphatic carbocycles. The standard InChI is InChI=1S/C20H30N2O3/c1-20(2,3)11-15-19(23)22-8-7-13-9-17(24-5)18(25-6)10-14(13)16(22)12-21(15)4/h9-10,15-16H,7-8,11-12H2,1-6H3/t15-,16?/m1/s1. The first-order valence-electron chi connectivity index (χ1n) is 9.00. The average molecular weight is 346 g/mol. The van der Waals surface area contributed by atoms with Crippen LogP contribution < -0.4 is 9.47 Å². The van der Waals surface area contributed by atoms with Gasteiger partial charge in [-0.3, -0.25) is 9.69 Å². The van der Waals surface area contributed by atoms with Crippen molar-refractivity contribution in [1.82, 2.24) is 9.80 Å². The molecule has 1 aromatic rings. The fourth-order valence-corrected chi connectivity index (χ4v) is 4.09. The van der Waals surface area contributed by atoms with Crippen LogP contribution in [-0.4, -0.2) is 56.1 Å². The van der Waals surface area contributed by atoms with Crippen LogP contribution in [0.25, 0.3) is 0 Å². The Kier molecular flexibility index (Phi) is 4.71. The first-order valence-corrected chi connectivity index (χ1v) is 9.00. The molecule has 0 aromatic heterocycles. The van der Waals surface area contributed by atoms with E-state index in [1.165, 1.54) is 11.1 Å². The Morgan fingerprint density at radius 3 is 2.40 bits per heavy atom. The number of fused-ring (bicyclic) bond motifs is 3. The molecule has 5 heteroatoms. The largest absolute Gasteiger partial charge is 0.493 e. The highest BCUT2D eigenvalue weighted by Gasteiger charge is 2.43. The lowest BCUT2D eigenvalue weighted by molar-refractivity contribution is -0.147. The van der Waals surface area contributed by atoms with Crippen LogP contribution in [0.4, 0.5) is 0 Å². The van der Waals surface area contributed by atoms with Gasteiger partial charge in [0.15, 0.2) is 11.5 Å². The van der Waals surface area contributed by atoms with E-state index in [4.69, 9.17) is 9.47 Å². The summed E-state index contributed by atoms with van der Waals surface area (Å²) in [6.45, 7) is 8.23. The van der Waals surface area contributed by atoms with Crippen LogP contribution in [0.2, 0.25) is 0 Å². The molecule has 0 radical (unpaired) electrons. The van der Waals surface area contributed by atoms with Crippen LogP contribution in [0.5, 0.6) is 11.5 Å². The predicted octanol–water partition coefficient (Wildman–Crippen LogP) is 2.88. The summed E-state index contributed by atoms with van der Waals surface area (Å²) in [6.07, 6.45) is 1.74. The molecule has 0 saturated carbocycles. The lowest BCUT2D eigenvalue weighted by Gasteiger charge is -2.48. The van der Waals surface area contributed by atoms with Crippen molar-refractivity contribution < 1.29 is 14.3 Å². The van der Waals surface area contributed by atoms with Gasteiger partial charge in [-0.2, -0.15) is 0 Å². The highest BCUT2D eigenvalue weighted by atomic mass is 16.5. The topological polar surface area (TPSA) is 42.0 Å². The number of piperazine rings is 1. The third-order valence-electron chi connectivity index (χ3n) is 5.37. The number of carbonyl (C=O) groups excluding carboxylic acids is 1. The smallest absolute Gasteiger partial charge is 0.240 e. The molecular formula is C20H30N2O3. The van der Waals surface area contributed by atoms with Crippen molar-refractivity contribution in [3.63, 3.8) is 0 Å². The molecule has 25 heavy (non-hydrogen) atoms. The molecule has 2 heterocycles. The van der Waals surface area contributed by atoms with E-state index in [-0.39, 0.29) is 23.4 Å². The lowest BCUT2D eigenvalue weighted by Crippen LogP contribution is -2.59. The van der Waals surface area contributed by atoms with Gasteiger partial charge < -0.3 is 14.4 Å². The van der Waals surface area contributed by atoms with Crippen molar-refractivity contribution in [2.45, 2.75) is 45.7 Å². The molecule has 0 N–H and O–H groups in total. The molecule has 2 atom stereocenters. The van der Waals surface area contributed by atoms with Crippen LogP contribution in [0.15, 0.2) is 12.1 Å². The highest BCUT2D eigenvalue weighted by molar-refractivity contribution is 5.83. The Morgan fingerprint density at radius 1 is 1.16 bits per heavy atom. The fraction of sp³-hybridized carbons (Fsp3) is 0.650. The maximum atomic E-state index is 13.2. The number of nitrogens with zero attached hydrogens (tertiary/aromatic N) is 2. The highest BCUT2D eigenvalue weighted by Crippen LogP contribution is 2.41.